The number of carbonyl (C=O) groups excluding carboxylic acids is 3. The van der Waals surface area contributed by atoms with Gasteiger partial charge in [0, 0.05) is 43.2 Å². The Hall–Kier alpha value is -4.37. The molecule has 2 fully saturated rings. The standard InChI is InChI=1S/C31H37N9O3/c1-17(35-16-27(41)40-23(15-32)12-22-13-26(22)40)14-31(30-36-38-39-37-30)24-8-6-20(28(42)33-2)10-18(24)4-5-19-11-21(29(43)34-3)7-9-25(19)31/h6-11,17-18,22-24,26,35H,4-5,12-14,16H2,1-3H3,(H,33,42)(H,34,43)(H,36,37,38,39)/t17-,18?,22-,23?,24?,26+,31?/m1/s1. The number of likely N-dealkylation sites (N-methyl/N-ethyl adjacent to an activating group) is 1. The number of amides is 3. The number of nitriles is 1. The maximum Gasteiger partial charge on any atom is 0.251 e. The van der Waals surface area contributed by atoms with Crippen molar-refractivity contribution in [3.63, 3.8) is 0 Å². The van der Waals surface area contributed by atoms with Crippen LogP contribution in [0.3, 0.4) is 0 Å². The summed E-state index contributed by atoms with van der Waals surface area (Å²) < 4.78 is 0. The fraction of sp³-hybridized carbons (Fsp3) is 0.516. The number of likely N-dealkylation sites (tertiary alicyclic amines) is 1. The summed E-state index contributed by atoms with van der Waals surface area (Å²) in [4.78, 5) is 40.3. The summed E-state index contributed by atoms with van der Waals surface area (Å²) in [6.45, 7) is 2.17. The maximum absolute atomic E-state index is 13.3. The molecule has 2 aromatic rings. The highest BCUT2D eigenvalue weighted by molar-refractivity contribution is 5.96. The first kappa shape index (κ1) is 28.7. The van der Waals surface area contributed by atoms with Gasteiger partial charge in [0.05, 0.1) is 18.0 Å². The average molecular weight is 584 g/mol. The van der Waals surface area contributed by atoms with Gasteiger partial charge in [-0.25, -0.2) is 5.10 Å². The minimum Gasteiger partial charge on any atom is -0.355 e. The van der Waals surface area contributed by atoms with Gasteiger partial charge < -0.3 is 20.9 Å². The summed E-state index contributed by atoms with van der Waals surface area (Å²) in [6, 6.07) is 7.76. The van der Waals surface area contributed by atoms with Crippen LogP contribution in [-0.2, 0) is 21.4 Å². The van der Waals surface area contributed by atoms with Gasteiger partial charge in [-0.2, -0.15) is 5.26 Å². The Balaban J connectivity index is 1.37. The van der Waals surface area contributed by atoms with Crippen molar-refractivity contribution in [2.75, 3.05) is 20.6 Å². The van der Waals surface area contributed by atoms with Crippen molar-refractivity contribution in [3.05, 3.63) is 64.5 Å². The van der Waals surface area contributed by atoms with Gasteiger partial charge in [-0.1, -0.05) is 24.3 Å². The number of hydrogen-bond donors (Lipinski definition) is 4. The molecule has 12 heteroatoms. The van der Waals surface area contributed by atoms with E-state index in [2.05, 4.69) is 48.7 Å². The molecule has 12 nitrogen and oxygen atoms in total. The molecule has 7 atom stereocenters. The third-order valence-electron chi connectivity index (χ3n) is 9.76. The van der Waals surface area contributed by atoms with Gasteiger partial charge in [-0.05, 0) is 84.6 Å². The van der Waals surface area contributed by atoms with Gasteiger partial charge >= 0.3 is 0 Å². The van der Waals surface area contributed by atoms with Crippen molar-refractivity contribution >= 4 is 17.7 Å². The molecule has 2 heterocycles. The average Bonchev–Trinajstić information content (AvgIpc) is 3.41. The SMILES string of the molecule is CNC(=O)C1=CC2CCc3cc(C(=O)NC)ccc3C(C[C@@H](C)NCC(=O)N3C(C#N)C[C@@H]4C[C@@H]43)(c3nnn[nH]3)C2C=C1. The van der Waals surface area contributed by atoms with Crippen LogP contribution in [0.1, 0.15) is 59.9 Å². The maximum atomic E-state index is 13.3. The van der Waals surface area contributed by atoms with Crippen LogP contribution >= 0.6 is 0 Å². The summed E-state index contributed by atoms with van der Waals surface area (Å²) >= 11 is 0. The number of aryl methyl sites for hydroxylation is 1. The van der Waals surface area contributed by atoms with E-state index in [0.29, 0.717) is 35.7 Å². The molecule has 4 aliphatic rings. The molecule has 1 saturated heterocycles. The van der Waals surface area contributed by atoms with E-state index >= 15 is 0 Å². The number of allylic oxidation sites excluding steroid dienone is 2. The summed E-state index contributed by atoms with van der Waals surface area (Å²) in [5.74, 6) is 0.555. The van der Waals surface area contributed by atoms with Crippen molar-refractivity contribution in [3.8, 4) is 6.07 Å². The fourth-order valence-electron chi connectivity index (χ4n) is 7.67. The van der Waals surface area contributed by atoms with Gasteiger partial charge in [0.2, 0.25) is 5.91 Å². The van der Waals surface area contributed by atoms with Crippen LogP contribution in [0.2, 0.25) is 0 Å². The number of H-pyrrole nitrogens is 1. The Labute approximate surface area is 250 Å². The van der Waals surface area contributed by atoms with Gasteiger partial charge in [0.1, 0.15) is 6.04 Å². The number of hydrogen-bond acceptors (Lipinski definition) is 8. The summed E-state index contributed by atoms with van der Waals surface area (Å²) in [5, 5.41) is 33.9. The second-order valence-corrected chi connectivity index (χ2v) is 12.2. The Morgan fingerprint density at radius 3 is 2.74 bits per heavy atom. The number of rotatable bonds is 8. The van der Waals surface area contributed by atoms with E-state index < -0.39 is 5.41 Å². The molecule has 0 radical (unpaired) electrons. The topological polar surface area (TPSA) is 169 Å². The third kappa shape index (κ3) is 5.01. The number of fused-ring (bicyclic) bond motifs is 3. The normalized spacial score (nSPS) is 29.2. The van der Waals surface area contributed by atoms with E-state index in [4.69, 9.17) is 0 Å². The van der Waals surface area contributed by atoms with Crippen LogP contribution < -0.4 is 16.0 Å². The highest BCUT2D eigenvalue weighted by Crippen LogP contribution is 2.52. The molecule has 4 unspecified atom stereocenters. The van der Waals surface area contributed by atoms with Crippen LogP contribution in [0.25, 0.3) is 0 Å². The molecule has 1 aromatic carbocycles. The monoisotopic (exact) mass is 583 g/mol. The van der Waals surface area contributed by atoms with E-state index in [-0.39, 0.29) is 54.2 Å². The van der Waals surface area contributed by atoms with Crippen LogP contribution in [0.15, 0.2) is 42.0 Å². The van der Waals surface area contributed by atoms with Gasteiger partial charge in [0.15, 0.2) is 5.82 Å². The number of nitrogens with zero attached hydrogens (tertiary/aromatic N) is 5. The molecule has 0 spiro atoms. The highest BCUT2D eigenvalue weighted by atomic mass is 16.2. The number of carbonyl (C=O) groups is 3. The number of benzene rings is 1. The summed E-state index contributed by atoms with van der Waals surface area (Å²) in [6.07, 6.45) is 9.73. The lowest BCUT2D eigenvalue weighted by atomic mass is 9.61. The Morgan fingerprint density at radius 2 is 2.02 bits per heavy atom. The number of nitrogens with one attached hydrogen (secondary N) is 4. The molecular weight excluding hydrogens is 546 g/mol. The molecular formula is C31H37N9O3. The van der Waals surface area contributed by atoms with Crippen molar-refractivity contribution < 1.29 is 14.4 Å². The first-order valence-electron chi connectivity index (χ1n) is 15.0. The molecule has 1 aliphatic heterocycles. The minimum atomic E-state index is -0.762. The Morgan fingerprint density at radius 1 is 1.21 bits per heavy atom. The number of piperidine rings is 1. The van der Waals surface area contributed by atoms with Crippen LogP contribution in [0.5, 0.6) is 0 Å². The Bertz CT molecular complexity index is 1530. The van der Waals surface area contributed by atoms with Gasteiger partial charge in [-0.3, -0.25) is 14.4 Å². The lowest BCUT2D eigenvalue weighted by Crippen LogP contribution is -2.48. The molecule has 3 aliphatic carbocycles. The number of aromatic amines is 1. The Kier molecular flexibility index (Phi) is 7.60. The fourth-order valence-corrected chi connectivity index (χ4v) is 7.67. The van der Waals surface area contributed by atoms with E-state index in [0.717, 1.165) is 30.4 Å². The zero-order valence-corrected chi connectivity index (χ0v) is 24.6. The van der Waals surface area contributed by atoms with E-state index in [1.54, 1.807) is 19.0 Å². The molecule has 0 bridgehead atoms. The minimum absolute atomic E-state index is 0.0140. The van der Waals surface area contributed by atoms with Crippen LogP contribution in [0.4, 0.5) is 0 Å². The largest absolute Gasteiger partial charge is 0.355 e. The molecule has 1 saturated carbocycles. The highest BCUT2D eigenvalue weighted by Gasteiger charge is 2.54. The smallest absolute Gasteiger partial charge is 0.251 e. The van der Waals surface area contributed by atoms with Crippen molar-refractivity contribution in [2.24, 2.45) is 17.8 Å². The van der Waals surface area contributed by atoms with Crippen molar-refractivity contribution in [1.82, 2.24) is 41.5 Å². The molecule has 1 aromatic heterocycles. The molecule has 224 valence electrons. The zero-order chi connectivity index (χ0) is 30.3. The predicted octanol–water partition coefficient (Wildman–Crippen LogP) is 1.15. The quantitative estimate of drug-likeness (QED) is 0.359. The van der Waals surface area contributed by atoms with Crippen LogP contribution in [0, 0.1) is 29.1 Å². The second kappa shape index (κ2) is 11.4. The van der Waals surface area contributed by atoms with E-state index in [9.17, 15) is 19.6 Å². The summed E-state index contributed by atoms with van der Waals surface area (Å²) in [5.41, 5.74) is 2.45. The van der Waals surface area contributed by atoms with Crippen LogP contribution in [-0.4, -0.2) is 82.0 Å². The van der Waals surface area contributed by atoms with Crippen molar-refractivity contribution in [2.45, 2.75) is 62.6 Å². The molecule has 4 N–H and O–H groups in total. The van der Waals surface area contributed by atoms with E-state index in [1.165, 1.54) is 0 Å². The van der Waals surface area contributed by atoms with Gasteiger partial charge in [-0.15, -0.1) is 5.10 Å². The molecule has 43 heavy (non-hydrogen) atoms. The summed E-state index contributed by atoms with van der Waals surface area (Å²) in [7, 11) is 3.23. The first-order chi connectivity index (χ1) is 20.8. The van der Waals surface area contributed by atoms with E-state index in [1.807, 2.05) is 37.3 Å². The number of aromatic nitrogens is 4. The third-order valence-corrected chi connectivity index (χ3v) is 9.76. The number of tetrazole rings is 1. The second-order valence-electron chi connectivity index (χ2n) is 12.2. The first-order valence-corrected chi connectivity index (χ1v) is 15.0. The van der Waals surface area contributed by atoms with Gasteiger partial charge in [0.25, 0.3) is 11.8 Å². The molecule has 6 rings (SSSR count). The lowest BCUT2D eigenvalue weighted by Gasteiger charge is -2.43. The van der Waals surface area contributed by atoms with Crippen molar-refractivity contribution in [1.29, 1.82) is 5.26 Å². The lowest BCUT2D eigenvalue weighted by molar-refractivity contribution is -0.131. The zero-order valence-electron chi connectivity index (χ0n) is 24.6. The molecule has 3 amide bonds. The predicted molar refractivity (Wildman–Crippen MR) is 156 cm³/mol.